The zero-order valence-corrected chi connectivity index (χ0v) is 17.5. The van der Waals surface area contributed by atoms with E-state index in [1.807, 2.05) is 65.6 Å². The molecule has 0 saturated carbocycles. The zero-order chi connectivity index (χ0) is 21.4. The van der Waals surface area contributed by atoms with E-state index < -0.39 is 0 Å². The van der Waals surface area contributed by atoms with Crippen LogP contribution < -0.4 is 4.74 Å². The number of nitrogens with zero attached hydrogens (tertiary/aromatic N) is 3. The maximum atomic E-state index is 13.4. The lowest BCUT2D eigenvalue weighted by atomic mass is 9.96. The summed E-state index contributed by atoms with van der Waals surface area (Å²) < 4.78 is 5.27. The van der Waals surface area contributed by atoms with Crippen LogP contribution in [0.1, 0.15) is 33.2 Å². The summed E-state index contributed by atoms with van der Waals surface area (Å²) >= 11 is 6.13. The number of ether oxygens (including phenoxy) is 1. The molecule has 0 bridgehead atoms. The van der Waals surface area contributed by atoms with Crippen LogP contribution in [0.3, 0.4) is 0 Å². The first-order valence-electron chi connectivity index (χ1n) is 9.83. The smallest absolute Gasteiger partial charge is 0.273 e. The maximum absolute atomic E-state index is 13.4. The average molecular weight is 431 g/mol. The van der Waals surface area contributed by atoms with Crippen LogP contribution in [0, 0.1) is 0 Å². The summed E-state index contributed by atoms with van der Waals surface area (Å²) in [4.78, 5) is 19.4. The van der Waals surface area contributed by atoms with Gasteiger partial charge in [-0.05, 0) is 53.6 Å². The van der Waals surface area contributed by atoms with Gasteiger partial charge in [-0.15, -0.1) is 0 Å². The van der Waals surface area contributed by atoms with Crippen molar-refractivity contribution in [2.24, 2.45) is 0 Å². The summed E-state index contributed by atoms with van der Waals surface area (Å²) in [5.41, 5.74) is 4.96. The third kappa shape index (κ3) is 3.45. The second-order valence-electron chi connectivity index (χ2n) is 7.34. The second-order valence-corrected chi connectivity index (χ2v) is 7.77. The minimum atomic E-state index is -0.296. The molecule has 31 heavy (non-hydrogen) atoms. The molecule has 3 heterocycles. The molecule has 0 aliphatic carbocycles. The van der Waals surface area contributed by atoms with Gasteiger partial charge in [-0.2, -0.15) is 5.10 Å². The van der Waals surface area contributed by atoms with Gasteiger partial charge in [0.25, 0.3) is 5.91 Å². The quantitative estimate of drug-likeness (QED) is 0.490. The predicted molar refractivity (Wildman–Crippen MR) is 118 cm³/mol. The molecule has 1 amide bonds. The maximum Gasteiger partial charge on any atom is 0.273 e. The Bertz CT molecular complexity index is 1220. The number of halogens is 1. The summed E-state index contributed by atoms with van der Waals surface area (Å²) in [6.45, 7) is 0.435. The van der Waals surface area contributed by atoms with E-state index in [1.165, 1.54) is 0 Å². The van der Waals surface area contributed by atoms with Crippen molar-refractivity contribution in [1.82, 2.24) is 20.1 Å². The van der Waals surface area contributed by atoms with Gasteiger partial charge in [-0.3, -0.25) is 14.9 Å². The summed E-state index contributed by atoms with van der Waals surface area (Å²) in [7, 11) is 1.63. The van der Waals surface area contributed by atoms with Crippen LogP contribution in [0.4, 0.5) is 0 Å². The van der Waals surface area contributed by atoms with E-state index in [2.05, 4.69) is 15.2 Å². The first-order chi connectivity index (χ1) is 15.2. The number of nitrogens with one attached hydrogen (secondary N) is 1. The second kappa shape index (κ2) is 7.89. The number of carbonyl (C=O) groups is 1. The number of benzene rings is 2. The van der Waals surface area contributed by atoms with Crippen molar-refractivity contribution < 1.29 is 9.53 Å². The van der Waals surface area contributed by atoms with E-state index in [0.717, 1.165) is 33.7 Å². The van der Waals surface area contributed by atoms with Crippen molar-refractivity contribution in [3.8, 4) is 17.0 Å². The summed E-state index contributed by atoms with van der Waals surface area (Å²) in [6.07, 6.45) is 3.50. The van der Waals surface area contributed by atoms with Crippen LogP contribution in [0.2, 0.25) is 5.02 Å². The number of rotatable bonds is 5. The molecule has 6 nitrogen and oxygen atoms in total. The first-order valence-corrected chi connectivity index (χ1v) is 10.2. The Balaban J connectivity index is 1.63. The van der Waals surface area contributed by atoms with Crippen LogP contribution in [0.15, 0.2) is 73.1 Å². The number of hydrogen-bond acceptors (Lipinski definition) is 4. The lowest BCUT2D eigenvalue weighted by Gasteiger charge is -2.26. The zero-order valence-electron chi connectivity index (χ0n) is 16.7. The van der Waals surface area contributed by atoms with Crippen LogP contribution >= 0.6 is 11.6 Å². The van der Waals surface area contributed by atoms with E-state index in [4.69, 9.17) is 16.3 Å². The molecule has 0 fully saturated rings. The minimum Gasteiger partial charge on any atom is -0.497 e. The Kier molecular flexibility index (Phi) is 4.92. The Morgan fingerprint density at radius 1 is 1.10 bits per heavy atom. The molecule has 2 aromatic carbocycles. The standard InChI is InChI=1S/C24H19ClN4O2/c1-31-19-10-6-16(7-11-19)21-20-22(28-27-21)24(30)29(14-15-3-2-12-26-13-15)23(20)17-4-8-18(25)9-5-17/h2-13,23H,14H2,1H3,(H,27,28). The number of aromatic nitrogens is 3. The summed E-state index contributed by atoms with van der Waals surface area (Å²) in [6, 6.07) is 18.8. The minimum absolute atomic E-state index is 0.0916. The molecule has 2 aromatic heterocycles. The topological polar surface area (TPSA) is 71.1 Å². The molecule has 154 valence electrons. The van der Waals surface area contributed by atoms with Gasteiger partial charge in [-0.1, -0.05) is 29.8 Å². The molecule has 0 spiro atoms. The average Bonchev–Trinajstić information content (AvgIpc) is 3.35. The van der Waals surface area contributed by atoms with Gasteiger partial charge < -0.3 is 9.64 Å². The normalized spacial score (nSPS) is 15.2. The summed E-state index contributed by atoms with van der Waals surface area (Å²) in [5, 5.41) is 8.12. The highest BCUT2D eigenvalue weighted by Gasteiger charge is 2.42. The van der Waals surface area contributed by atoms with E-state index in [-0.39, 0.29) is 11.9 Å². The van der Waals surface area contributed by atoms with Crippen molar-refractivity contribution in [2.45, 2.75) is 12.6 Å². The molecule has 0 saturated heterocycles. The van der Waals surface area contributed by atoms with E-state index in [0.29, 0.717) is 17.3 Å². The lowest BCUT2D eigenvalue weighted by molar-refractivity contribution is 0.0730. The van der Waals surface area contributed by atoms with Crippen molar-refractivity contribution >= 4 is 17.5 Å². The fraction of sp³-hybridized carbons (Fsp3) is 0.125. The highest BCUT2D eigenvalue weighted by molar-refractivity contribution is 6.30. The molecule has 4 aromatic rings. The number of pyridine rings is 1. The fourth-order valence-electron chi connectivity index (χ4n) is 4.01. The monoisotopic (exact) mass is 430 g/mol. The van der Waals surface area contributed by atoms with Crippen LogP contribution in [0.5, 0.6) is 5.75 Å². The van der Waals surface area contributed by atoms with Crippen LogP contribution in [0.25, 0.3) is 11.3 Å². The number of amides is 1. The largest absolute Gasteiger partial charge is 0.497 e. The molecule has 7 heteroatoms. The Hall–Kier alpha value is -3.64. The first kappa shape index (κ1) is 19.3. The van der Waals surface area contributed by atoms with Crippen molar-refractivity contribution in [1.29, 1.82) is 0 Å². The highest BCUT2D eigenvalue weighted by Crippen LogP contribution is 2.43. The predicted octanol–water partition coefficient (Wildman–Crippen LogP) is 4.88. The van der Waals surface area contributed by atoms with Crippen molar-refractivity contribution in [3.05, 3.63) is 100 Å². The van der Waals surface area contributed by atoms with Gasteiger partial charge in [0, 0.05) is 35.1 Å². The van der Waals surface area contributed by atoms with Crippen LogP contribution in [-0.4, -0.2) is 33.1 Å². The summed E-state index contributed by atoms with van der Waals surface area (Å²) in [5.74, 6) is 0.672. The SMILES string of the molecule is COc1ccc(-c2n[nH]c3c2C(c2ccc(Cl)cc2)N(Cc2cccnc2)C3=O)cc1. The van der Waals surface area contributed by atoms with Gasteiger partial charge in [0.1, 0.15) is 11.4 Å². The van der Waals surface area contributed by atoms with Crippen molar-refractivity contribution in [2.75, 3.05) is 7.11 Å². The Morgan fingerprint density at radius 2 is 1.87 bits per heavy atom. The van der Waals surface area contributed by atoms with Gasteiger partial charge in [-0.25, -0.2) is 0 Å². The fourth-order valence-corrected chi connectivity index (χ4v) is 4.13. The molecule has 1 aliphatic rings. The molecule has 1 N–H and O–H groups in total. The number of fused-ring (bicyclic) bond motifs is 1. The van der Waals surface area contributed by atoms with Gasteiger partial charge in [0.2, 0.25) is 0 Å². The molecule has 1 aliphatic heterocycles. The number of H-pyrrole nitrogens is 1. The Morgan fingerprint density at radius 3 is 2.55 bits per heavy atom. The molecule has 0 radical (unpaired) electrons. The van der Waals surface area contributed by atoms with E-state index in [9.17, 15) is 4.79 Å². The van der Waals surface area contributed by atoms with Crippen LogP contribution in [-0.2, 0) is 6.54 Å². The number of hydrogen-bond donors (Lipinski definition) is 1. The molecular weight excluding hydrogens is 412 g/mol. The van der Waals surface area contributed by atoms with Crippen molar-refractivity contribution in [3.63, 3.8) is 0 Å². The van der Waals surface area contributed by atoms with Gasteiger partial charge in [0.05, 0.1) is 18.8 Å². The molecule has 1 atom stereocenters. The molecule has 1 unspecified atom stereocenters. The number of aromatic amines is 1. The van der Waals surface area contributed by atoms with Gasteiger partial charge in [0.15, 0.2) is 0 Å². The van der Waals surface area contributed by atoms with Gasteiger partial charge >= 0.3 is 0 Å². The number of methoxy groups -OCH3 is 1. The highest BCUT2D eigenvalue weighted by atomic mass is 35.5. The number of carbonyl (C=O) groups excluding carboxylic acids is 1. The Labute approximate surface area is 184 Å². The van der Waals surface area contributed by atoms with E-state index >= 15 is 0 Å². The molecule has 5 rings (SSSR count). The lowest BCUT2D eigenvalue weighted by Crippen LogP contribution is -2.29. The molecular formula is C24H19ClN4O2. The third-order valence-electron chi connectivity index (χ3n) is 5.49. The van der Waals surface area contributed by atoms with E-state index in [1.54, 1.807) is 19.5 Å². The third-order valence-corrected chi connectivity index (χ3v) is 5.74.